The minimum absolute atomic E-state index is 0.298. The van der Waals surface area contributed by atoms with E-state index in [4.69, 9.17) is 13.8 Å². The highest BCUT2D eigenvalue weighted by Crippen LogP contribution is 2.31. The summed E-state index contributed by atoms with van der Waals surface area (Å²) in [5.41, 5.74) is 3.15. The number of aromatic nitrogens is 4. The van der Waals surface area contributed by atoms with Crippen LogP contribution in [-0.2, 0) is 0 Å². The van der Waals surface area contributed by atoms with Crippen molar-refractivity contribution < 1.29 is 18.6 Å². The number of ether oxygens (including phenoxy) is 1. The lowest BCUT2D eigenvalue weighted by Crippen LogP contribution is -2.31. The van der Waals surface area contributed by atoms with Crippen LogP contribution in [0.3, 0.4) is 0 Å². The number of esters is 1. The molecule has 0 amide bonds. The first-order valence-electron chi connectivity index (χ1n) is 11.9. The van der Waals surface area contributed by atoms with Crippen LogP contribution in [0.1, 0.15) is 16.1 Å². The number of hydrogen-bond donors (Lipinski definition) is 2. The molecule has 0 fully saturated rings. The predicted molar refractivity (Wildman–Crippen MR) is 149 cm³/mol. The second kappa shape index (κ2) is 11.2. The van der Waals surface area contributed by atoms with Crippen LogP contribution in [0.2, 0.25) is 0 Å². The third-order valence-corrected chi connectivity index (χ3v) is 6.12. The topological polar surface area (TPSA) is 147 Å². The Morgan fingerprint density at radius 3 is 2.38 bits per heavy atom. The molecule has 0 spiro atoms. The van der Waals surface area contributed by atoms with E-state index in [2.05, 4.69) is 51.4 Å². The number of H-pyrrole nitrogens is 2. The number of furan rings is 1. The number of para-hydroxylation sites is 1. The summed E-state index contributed by atoms with van der Waals surface area (Å²) in [7, 11) is 0. The first-order valence-corrected chi connectivity index (χ1v) is 12.7. The molecule has 0 saturated heterocycles. The molecule has 3 aromatic carbocycles. The Morgan fingerprint density at radius 1 is 0.850 bits per heavy atom. The van der Waals surface area contributed by atoms with Gasteiger partial charge in [-0.3, -0.25) is 0 Å². The van der Waals surface area contributed by atoms with Gasteiger partial charge in [-0.2, -0.15) is 5.10 Å². The molecule has 2 N–H and O–H groups in total. The van der Waals surface area contributed by atoms with E-state index in [1.54, 1.807) is 54.6 Å². The molecule has 6 rings (SSSR count). The number of carbonyl (C=O) groups is 1. The molecule has 0 aliphatic rings. The van der Waals surface area contributed by atoms with E-state index in [1.165, 1.54) is 6.21 Å². The number of benzene rings is 3. The molecule has 196 valence electrons. The van der Waals surface area contributed by atoms with Gasteiger partial charge in [0, 0.05) is 4.47 Å². The average molecular weight is 596 g/mol. The van der Waals surface area contributed by atoms with Gasteiger partial charge in [-0.15, -0.1) is 5.10 Å². The van der Waals surface area contributed by atoms with Crippen molar-refractivity contribution in [1.29, 1.82) is 0 Å². The standard InChI is InChI=1S/C28H18BrN7O4/c29-18-10-12-19(13-11-18)31-24-25(33-27-26(32-24)35-40-36-27)34-30-16-20-14-15-23(38-20)21-8-4-5-9-22(21)39-28(37)17-6-2-1-3-7-17/h1-16H,(H,31,32,35)(H,33,34,36)/b30-16+. The van der Waals surface area contributed by atoms with Crippen LogP contribution in [0.5, 0.6) is 5.75 Å². The van der Waals surface area contributed by atoms with Crippen molar-refractivity contribution in [1.82, 2.24) is 20.3 Å². The molecule has 0 aliphatic heterocycles. The van der Waals surface area contributed by atoms with Gasteiger partial charge in [0.1, 0.15) is 17.3 Å². The van der Waals surface area contributed by atoms with E-state index in [9.17, 15) is 4.79 Å². The quantitative estimate of drug-likeness (QED) is 0.116. The van der Waals surface area contributed by atoms with Crippen molar-refractivity contribution >= 4 is 45.1 Å². The molecule has 12 heteroatoms. The zero-order chi connectivity index (χ0) is 27.3. The van der Waals surface area contributed by atoms with Crippen LogP contribution in [-0.4, -0.2) is 32.5 Å². The minimum atomic E-state index is -0.461. The number of aromatic amines is 2. The molecule has 0 bridgehead atoms. The molecule has 0 atom stereocenters. The molecular weight excluding hydrogens is 578 g/mol. The van der Waals surface area contributed by atoms with Gasteiger partial charge < -0.3 is 19.1 Å². The molecule has 40 heavy (non-hydrogen) atoms. The Bertz CT molecular complexity index is 1970. The van der Waals surface area contributed by atoms with Gasteiger partial charge in [-0.05, 0) is 71.0 Å². The first-order chi connectivity index (χ1) is 19.6. The summed E-state index contributed by atoms with van der Waals surface area (Å²) < 4.78 is 17.3. The maximum Gasteiger partial charge on any atom is 0.343 e. The second-order valence-corrected chi connectivity index (χ2v) is 9.21. The van der Waals surface area contributed by atoms with Crippen molar-refractivity contribution in [2.45, 2.75) is 0 Å². The van der Waals surface area contributed by atoms with Crippen LogP contribution in [0.4, 0.5) is 5.69 Å². The summed E-state index contributed by atoms with van der Waals surface area (Å²) in [5, 5.41) is 16.0. The second-order valence-electron chi connectivity index (χ2n) is 8.30. The third kappa shape index (κ3) is 5.56. The summed E-state index contributed by atoms with van der Waals surface area (Å²) in [6.45, 7) is 0. The molecule has 0 unspecified atom stereocenters. The third-order valence-electron chi connectivity index (χ3n) is 5.59. The highest BCUT2D eigenvalue weighted by Gasteiger charge is 2.14. The first kappa shape index (κ1) is 24.9. The van der Waals surface area contributed by atoms with Gasteiger partial charge >= 0.3 is 5.97 Å². The number of fused-ring (bicyclic) bond motifs is 1. The van der Waals surface area contributed by atoms with Gasteiger partial charge in [-0.25, -0.2) is 14.4 Å². The minimum Gasteiger partial charge on any atom is -0.455 e. The van der Waals surface area contributed by atoms with Crippen molar-refractivity contribution in [3.05, 3.63) is 118 Å². The van der Waals surface area contributed by atoms with E-state index in [1.807, 2.05) is 36.4 Å². The molecule has 0 aliphatic carbocycles. The SMILES string of the molecule is O=C(Oc1ccccc1-c1ccc(/C=N/N=c2[nH]c3nonc3[nH]c2=Nc2ccc(Br)cc2)o1)c1ccccc1. The van der Waals surface area contributed by atoms with Gasteiger partial charge in [0.25, 0.3) is 0 Å². The van der Waals surface area contributed by atoms with E-state index >= 15 is 0 Å². The predicted octanol–water partition coefficient (Wildman–Crippen LogP) is 5.29. The van der Waals surface area contributed by atoms with Crippen molar-refractivity contribution in [3.63, 3.8) is 0 Å². The lowest BCUT2D eigenvalue weighted by Gasteiger charge is -2.08. The van der Waals surface area contributed by atoms with E-state index in [0.717, 1.165) is 4.47 Å². The van der Waals surface area contributed by atoms with Gasteiger partial charge in [0.2, 0.25) is 11.3 Å². The fraction of sp³-hybridized carbons (Fsp3) is 0. The summed E-state index contributed by atoms with van der Waals surface area (Å²) in [6.07, 6.45) is 1.45. The normalized spacial score (nSPS) is 12.4. The Morgan fingerprint density at radius 2 is 1.57 bits per heavy atom. The molecule has 6 aromatic rings. The Kier molecular flexibility index (Phi) is 6.97. The monoisotopic (exact) mass is 595 g/mol. The average Bonchev–Trinajstić information content (AvgIpc) is 3.64. The van der Waals surface area contributed by atoms with Crippen LogP contribution in [0.15, 0.2) is 120 Å². The Labute approximate surface area is 233 Å². The van der Waals surface area contributed by atoms with E-state index in [-0.39, 0.29) is 0 Å². The summed E-state index contributed by atoms with van der Waals surface area (Å²) in [5.74, 6) is 0.843. The summed E-state index contributed by atoms with van der Waals surface area (Å²) in [6, 6.07) is 26.8. The summed E-state index contributed by atoms with van der Waals surface area (Å²) >= 11 is 3.41. The number of rotatable bonds is 6. The van der Waals surface area contributed by atoms with Gasteiger partial charge in [-0.1, -0.05) is 46.3 Å². The van der Waals surface area contributed by atoms with Crippen molar-refractivity contribution in [3.8, 4) is 17.1 Å². The number of hydrogen-bond acceptors (Lipinski definition) is 9. The van der Waals surface area contributed by atoms with Crippen molar-refractivity contribution in [2.24, 2.45) is 15.2 Å². The number of nitrogens with zero attached hydrogens (tertiary/aromatic N) is 5. The highest BCUT2D eigenvalue weighted by molar-refractivity contribution is 9.10. The zero-order valence-electron chi connectivity index (χ0n) is 20.5. The highest BCUT2D eigenvalue weighted by atomic mass is 79.9. The zero-order valence-corrected chi connectivity index (χ0v) is 22.1. The largest absolute Gasteiger partial charge is 0.455 e. The smallest absolute Gasteiger partial charge is 0.343 e. The van der Waals surface area contributed by atoms with Crippen LogP contribution in [0, 0.1) is 0 Å². The number of halogens is 1. The van der Waals surface area contributed by atoms with Crippen LogP contribution in [0.25, 0.3) is 22.6 Å². The molecular formula is C28H18BrN7O4. The number of carbonyl (C=O) groups excluding carboxylic acids is 1. The molecule has 11 nitrogen and oxygen atoms in total. The van der Waals surface area contributed by atoms with Crippen LogP contribution < -0.4 is 15.7 Å². The fourth-order valence-electron chi connectivity index (χ4n) is 3.70. The van der Waals surface area contributed by atoms with E-state index < -0.39 is 5.97 Å². The number of nitrogens with one attached hydrogen (secondary N) is 2. The molecule has 3 aromatic heterocycles. The summed E-state index contributed by atoms with van der Waals surface area (Å²) in [4.78, 5) is 23.2. The van der Waals surface area contributed by atoms with Crippen LogP contribution >= 0.6 is 15.9 Å². The van der Waals surface area contributed by atoms with Gasteiger partial charge in [0.15, 0.2) is 11.0 Å². The maximum absolute atomic E-state index is 12.6. The van der Waals surface area contributed by atoms with Crippen molar-refractivity contribution in [2.75, 3.05) is 0 Å². The molecule has 0 radical (unpaired) electrons. The lowest BCUT2D eigenvalue weighted by atomic mass is 10.1. The maximum atomic E-state index is 12.6. The van der Waals surface area contributed by atoms with Gasteiger partial charge in [0.05, 0.1) is 23.0 Å². The molecule has 3 heterocycles. The Hall–Kier alpha value is -5.36. The lowest BCUT2D eigenvalue weighted by molar-refractivity contribution is 0.0735. The Balaban J connectivity index is 1.28. The van der Waals surface area contributed by atoms with E-state index in [0.29, 0.717) is 56.4 Å². The fourth-order valence-corrected chi connectivity index (χ4v) is 3.96. The molecule has 0 saturated carbocycles.